The van der Waals surface area contributed by atoms with Gasteiger partial charge in [0, 0.05) is 18.3 Å². The zero-order valence-electron chi connectivity index (χ0n) is 29.5. The number of carbonyl (C=O) groups is 2. The Morgan fingerprint density at radius 3 is 2.30 bits per heavy atom. The molecule has 0 radical (unpaired) electrons. The van der Waals surface area contributed by atoms with Crippen molar-refractivity contribution in [1.82, 2.24) is 0 Å². The van der Waals surface area contributed by atoms with E-state index in [2.05, 4.69) is 34.6 Å². The molecule has 5 saturated carbocycles. The van der Waals surface area contributed by atoms with Gasteiger partial charge in [0.25, 0.3) is 0 Å². The zero-order valence-corrected chi connectivity index (χ0v) is 29.5. The summed E-state index contributed by atoms with van der Waals surface area (Å²) in [6.07, 6.45) is 0.691. The minimum Gasteiger partial charge on any atom is -0.457 e. The third-order valence-corrected chi connectivity index (χ3v) is 15.6. The predicted molar refractivity (Wildman–Crippen MR) is 170 cm³/mol. The highest BCUT2D eigenvalue weighted by atomic mass is 16.7. The summed E-state index contributed by atoms with van der Waals surface area (Å²) in [6.45, 7) is 15.9. The fourth-order valence-corrected chi connectivity index (χ4v) is 13.4. The molecule has 5 unspecified atom stereocenters. The maximum atomic E-state index is 15.0. The van der Waals surface area contributed by atoms with Gasteiger partial charge in [0.1, 0.15) is 24.4 Å². The second-order valence-corrected chi connectivity index (χ2v) is 18.4. The molecule has 4 N–H and O–H groups in total. The van der Waals surface area contributed by atoms with Gasteiger partial charge in [0.05, 0.1) is 24.4 Å². The molecule has 0 aromatic rings. The van der Waals surface area contributed by atoms with E-state index in [0.29, 0.717) is 12.3 Å². The molecular formula is C37H58O10. The average Bonchev–Trinajstić information content (AvgIpc) is 3.61. The molecule has 0 bridgehead atoms. The van der Waals surface area contributed by atoms with Gasteiger partial charge >= 0.3 is 5.97 Å². The minimum atomic E-state index is -1.31. The molecule has 2 saturated heterocycles. The van der Waals surface area contributed by atoms with E-state index >= 15 is 0 Å². The van der Waals surface area contributed by atoms with Crippen LogP contribution in [0.15, 0.2) is 0 Å². The molecule has 2 heterocycles. The van der Waals surface area contributed by atoms with Crippen molar-refractivity contribution in [3.05, 3.63) is 0 Å². The third kappa shape index (κ3) is 4.46. The first-order valence-corrected chi connectivity index (χ1v) is 18.2. The smallest absolute Gasteiger partial charge is 0.303 e. The molecule has 2 aliphatic heterocycles. The number of aliphatic hydroxyl groups is 4. The van der Waals surface area contributed by atoms with Gasteiger partial charge in [0.2, 0.25) is 0 Å². The monoisotopic (exact) mass is 662 g/mol. The SMILES string of the molecule is CC(=O)O[C@@H](C1C[C@@H](C)[C@H]2C(O1)C(=O)[C@@]1(C)C3CC[C@H]4C(C)(C)[C@@H](O[C@@H]5OCC(O)[C@H](O)[C@H]5O)CC[C@@]45CC35CC[C@]21C)C(C)(C)O. The van der Waals surface area contributed by atoms with Gasteiger partial charge in [0.15, 0.2) is 18.2 Å². The minimum absolute atomic E-state index is 0.0668. The second-order valence-electron chi connectivity index (χ2n) is 18.4. The summed E-state index contributed by atoms with van der Waals surface area (Å²) in [4.78, 5) is 27.0. The first-order valence-electron chi connectivity index (χ1n) is 18.2. The summed E-state index contributed by atoms with van der Waals surface area (Å²) in [5, 5.41) is 41.8. The number of carbonyl (C=O) groups excluding carboxylic acids is 2. The van der Waals surface area contributed by atoms with E-state index in [9.17, 15) is 30.0 Å². The third-order valence-electron chi connectivity index (χ3n) is 15.6. The number of ketones is 1. The van der Waals surface area contributed by atoms with E-state index in [4.69, 9.17) is 18.9 Å². The van der Waals surface area contributed by atoms with Crippen molar-refractivity contribution in [3.63, 3.8) is 0 Å². The number of ether oxygens (including phenoxy) is 4. The first kappa shape index (κ1) is 34.3. The lowest BCUT2D eigenvalue weighted by Gasteiger charge is -2.62. The van der Waals surface area contributed by atoms with Gasteiger partial charge in [-0.2, -0.15) is 0 Å². The summed E-state index contributed by atoms with van der Waals surface area (Å²) in [6, 6.07) is 0. The van der Waals surface area contributed by atoms with Crippen molar-refractivity contribution in [2.45, 2.75) is 161 Å². The molecular weight excluding hydrogens is 604 g/mol. The maximum Gasteiger partial charge on any atom is 0.303 e. The van der Waals surface area contributed by atoms with E-state index in [-0.39, 0.29) is 57.9 Å². The van der Waals surface area contributed by atoms with Crippen LogP contribution < -0.4 is 0 Å². The Balaban J connectivity index is 1.15. The van der Waals surface area contributed by atoms with Gasteiger partial charge < -0.3 is 39.4 Å². The van der Waals surface area contributed by atoms with Crippen LogP contribution in [0.2, 0.25) is 0 Å². The molecule has 10 heteroatoms. The lowest BCUT2D eigenvalue weighted by Crippen LogP contribution is -2.60. The van der Waals surface area contributed by atoms with Crippen LogP contribution in [0.1, 0.15) is 107 Å². The van der Waals surface area contributed by atoms with Crippen molar-refractivity contribution in [3.8, 4) is 0 Å². The number of aliphatic hydroxyl groups excluding tert-OH is 3. The first-order chi connectivity index (χ1) is 21.8. The quantitative estimate of drug-likeness (QED) is 0.254. The molecule has 10 nitrogen and oxygen atoms in total. The zero-order chi connectivity index (χ0) is 34.3. The highest BCUT2D eigenvalue weighted by Crippen LogP contribution is 2.89. The Kier molecular flexibility index (Phi) is 7.80. The summed E-state index contributed by atoms with van der Waals surface area (Å²) < 4.78 is 24.4. The molecule has 7 aliphatic rings. The van der Waals surface area contributed by atoms with Crippen molar-refractivity contribution in [2.75, 3.05) is 6.61 Å². The van der Waals surface area contributed by atoms with Crippen LogP contribution in [0.3, 0.4) is 0 Å². The molecule has 266 valence electrons. The van der Waals surface area contributed by atoms with Crippen LogP contribution in [0, 0.1) is 50.7 Å². The summed E-state index contributed by atoms with van der Waals surface area (Å²) in [5.74, 6) is 0.603. The summed E-state index contributed by atoms with van der Waals surface area (Å²) in [5.41, 5.74) is -2.06. The number of rotatable bonds is 5. The summed E-state index contributed by atoms with van der Waals surface area (Å²) in [7, 11) is 0. The van der Waals surface area contributed by atoms with Crippen LogP contribution >= 0.6 is 0 Å². The Hall–Kier alpha value is -1.14. The molecule has 16 atom stereocenters. The van der Waals surface area contributed by atoms with Gasteiger partial charge in [-0.25, -0.2) is 0 Å². The van der Waals surface area contributed by atoms with E-state index in [1.165, 1.54) is 6.92 Å². The molecule has 47 heavy (non-hydrogen) atoms. The molecule has 0 aromatic carbocycles. The Bertz CT molecular complexity index is 1290. The lowest BCUT2D eigenvalue weighted by molar-refractivity contribution is -0.302. The van der Waals surface area contributed by atoms with E-state index < -0.39 is 59.9 Å². The Morgan fingerprint density at radius 1 is 0.979 bits per heavy atom. The molecule has 5 aliphatic carbocycles. The van der Waals surface area contributed by atoms with Crippen LogP contribution in [0.5, 0.6) is 0 Å². The number of esters is 1. The predicted octanol–water partition coefficient (Wildman–Crippen LogP) is 3.53. The number of Topliss-reactive ketones (excluding diaryl/α,β-unsaturated/α-hetero) is 1. The number of hydrogen-bond acceptors (Lipinski definition) is 10. The highest BCUT2D eigenvalue weighted by molar-refractivity contribution is 5.93. The van der Waals surface area contributed by atoms with Gasteiger partial charge in [-0.3, -0.25) is 9.59 Å². The van der Waals surface area contributed by atoms with Gasteiger partial charge in [-0.1, -0.05) is 34.6 Å². The summed E-state index contributed by atoms with van der Waals surface area (Å²) >= 11 is 0. The Labute approximate surface area is 279 Å². The fourth-order valence-electron chi connectivity index (χ4n) is 13.4. The van der Waals surface area contributed by atoms with Gasteiger partial charge in [-0.15, -0.1) is 0 Å². The van der Waals surface area contributed by atoms with Gasteiger partial charge in [-0.05, 0) is 105 Å². The standard InChI is InChI=1S/C37H58O10/c1-18-15-21(30(33(5,6)43)45-19(2)38)46-28-25(18)34(7)13-14-37-17-36(37)12-11-24(47-31-27(41)26(40)20(39)16-44-31)32(3,4)22(36)9-10-23(37)35(34,8)29(28)42/h18,20-28,30-31,39-41,43H,9-17H2,1-8H3/t18-,20?,21?,22+,23?,24+,25+,26+,27-,28?,30+,31+,34-,35-,36-,37?/m1/s1. The average molecular weight is 663 g/mol. The van der Waals surface area contributed by atoms with Crippen LogP contribution in [0.25, 0.3) is 0 Å². The molecule has 2 spiro atoms. The number of hydrogen-bond donors (Lipinski definition) is 4. The van der Waals surface area contributed by atoms with Crippen molar-refractivity contribution < 1.29 is 49.0 Å². The topological polar surface area (TPSA) is 152 Å². The highest BCUT2D eigenvalue weighted by Gasteiger charge is 2.85. The van der Waals surface area contributed by atoms with Crippen molar-refractivity contribution in [2.24, 2.45) is 50.7 Å². The fraction of sp³-hybridized carbons (Fsp3) is 0.946. The van der Waals surface area contributed by atoms with Crippen molar-refractivity contribution in [1.29, 1.82) is 0 Å². The van der Waals surface area contributed by atoms with Crippen LogP contribution in [-0.4, -0.2) is 93.4 Å². The van der Waals surface area contributed by atoms with E-state index in [0.717, 1.165) is 44.9 Å². The number of fused-ring (bicyclic) bond motifs is 4. The van der Waals surface area contributed by atoms with Crippen LogP contribution in [0.4, 0.5) is 0 Å². The van der Waals surface area contributed by atoms with Crippen LogP contribution in [-0.2, 0) is 28.5 Å². The molecule has 7 fully saturated rings. The largest absolute Gasteiger partial charge is 0.457 e. The lowest BCUT2D eigenvalue weighted by atomic mass is 9.41. The normalized spacial score (nSPS) is 53.9. The second kappa shape index (κ2) is 10.7. The molecule has 7 rings (SSSR count). The Morgan fingerprint density at radius 2 is 1.64 bits per heavy atom. The van der Waals surface area contributed by atoms with E-state index in [1.54, 1.807) is 13.8 Å². The van der Waals surface area contributed by atoms with Crippen molar-refractivity contribution >= 4 is 11.8 Å². The van der Waals surface area contributed by atoms with E-state index in [1.807, 2.05) is 0 Å². The molecule has 0 amide bonds. The molecule has 0 aromatic heterocycles. The maximum absolute atomic E-state index is 15.0.